The molecule has 4 aromatic rings. The largest absolute Gasteiger partial charge is 0.366 e. The van der Waals surface area contributed by atoms with E-state index in [9.17, 15) is 4.79 Å². The van der Waals surface area contributed by atoms with E-state index in [4.69, 9.17) is 11.6 Å². The number of fused-ring (bicyclic) bond motifs is 1. The van der Waals surface area contributed by atoms with Gasteiger partial charge in [-0.05, 0) is 34.5 Å². The van der Waals surface area contributed by atoms with Crippen molar-refractivity contribution >= 4 is 38.7 Å². The Balaban J connectivity index is 1.30. The summed E-state index contributed by atoms with van der Waals surface area (Å²) >= 11 is 8.27. The van der Waals surface area contributed by atoms with Gasteiger partial charge in [-0.1, -0.05) is 48.0 Å². The fourth-order valence-electron chi connectivity index (χ4n) is 3.94. The number of halogens is 1. The van der Waals surface area contributed by atoms with Crippen molar-refractivity contribution in [3.05, 3.63) is 87.1 Å². The van der Waals surface area contributed by atoms with Gasteiger partial charge in [0.1, 0.15) is 5.02 Å². The molecule has 0 atom stereocenters. The molecule has 0 unspecified atom stereocenters. The highest BCUT2D eigenvalue weighted by Gasteiger charge is 2.22. The molecule has 0 bridgehead atoms. The molecule has 0 spiro atoms. The van der Waals surface area contributed by atoms with Gasteiger partial charge in [0, 0.05) is 37.4 Å². The Morgan fingerprint density at radius 3 is 2.50 bits per heavy atom. The number of para-hydroxylation sites is 1. The molecule has 1 aliphatic heterocycles. The predicted octanol–water partition coefficient (Wildman–Crippen LogP) is 4.42. The molecule has 1 aliphatic rings. The standard InChI is InChI=1S/C23H21ClN4OS/c24-22-20(14-25-28(23(22)29)18-6-2-1-3-7-18)27-12-10-26(11-13-27)15-17-16-30-21-9-5-4-8-19(17)21/h1-9,14,16H,10-13,15H2. The number of rotatable bonds is 4. The Bertz CT molecular complexity index is 1230. The van der Waals surface area contributed by atoms with Crippen molar-refractivity contribution in [2.24, 2.45) is 0 Å². The minimum Gasteiger partial charge on any atom is -0.366 e. The zero-order chi connectivity index (χ0) is 20.5. The Morgan fingerprint density at radius 1 is 0.967 bits per heavy atom. The number of benzene rings is 2. The van der Waals surface area contributed by atoms with Crippen LogP contribution in [0.3, 0.4) is 0 Å². The molecule has 1 saturated heterocycles. The Hall–Kier alpha value is -2.67. The Morgan fingerprint density at radius 2 is 1.70 bits per heavy atom. The minimum absolute atomic E-state index is 0.228. The van der Waals surface area contributed by atoms with Gasteiger partial charge >= 0.3 is 0 Å². The average Bonchev–Trinajstić information content (AvgIpc) is 3.20. The third-order valence-corrected chi connectivity index (χ3v) is 6.94. The molecular formula is C23H21ClN4OS. The van der Waals surface area contributed by atoms with Gasteiger partial charge in [-0.25, -0.2) is 0 Å². The fraction of sp³-hybridized carbons (Fsp3) is 0.217. The summed E-state index contributed by atoms with van der Waals surface area (Å²) in [7, 11) is 0. The summed E-state index contributed by atoms with van der Waals surface area (Å²) in [6.45, 7) is 4.42. The molecule has 1 fully saturated rings. The average molecular weight is 437 g/mol. The molecule has 3 heterocycles. The van der Waals surface area contributed by atoms with E-state index >= 15 is 0 Å². The molecule has 5 rings (SSSR count). The lowest BCUT2D eigenvalue weighted by molar-refractivity contribution is 0.251. The quantitative estimate of drug-likeness (QED) is 0.474. The van der Waals surface area contributed by atoms with Gasteiger partial charge in [0.25, 0.3) is 5.56 Å². The van der Waals surface area contributed by atoms with E-state index < -0.39 is 0 Å². The number of nitrogens with zero attached hydrogens (tertiary/aromatic N) is 4. The zero-order valence-electron chi connectivity index (χ0n) is 16.4. The van der Waals surface area contributed by atoms with Crippen molar-refractivity contribution in [2.45, 2.75) is 6.54 Å². The number of hydrogen-bond acceptors (Lipinski definition) is 5. The lowest BCUT2D eigenvalue weighted by Gasteiger charge is -2.36. The van der Waals surface area contributed by atoms with Gasteiger partial charge in [0.15, 0.2) is 0 Å². The molecule has 0 radical (unpaired) electrons. The number of aromatic nitrogens is 2. The van der Waals surface area contributed by atoms with E-state index in [1.54, 1.807) is 17.5 Å². The maximum atomic E-state index is 12.8. The summed E-state index contributed by atoms with van der Waals surface area (Å²) in [4.78, 5) is 17.4. The van der Waals surface area contributed by atoms with E-state index in [2.05, 4.69) is 44.5 Å². The van der Waals surface area contributed by atoms with Crippen LogP contribution in [-0.2, 0) is 6.54 Å². The fourth-order valence-corrected chi connectivity index (χ4v) is 5.14. The summed E-state index contributed by atoms with van der Waals surface area (Å²) in [5, 5.41) is 8.21. The van der Waals surface area contributed by atoms with Crippen molar-refractivity contribution in [1.29, 1.82) is 0 Å². The maximum Gasteiger partial charge on any atom is 0.292 e. The molecule has 2 aromatic carbocycles. The molecule has 152 valence electrons. The smallest absolute Gasteiger partial charge is 0.292 e. The number of piperazine rings is 1. The van der Waals surface area contributed by atoms with Crippen molar-refractivity contribution in [1.82, 2.24) is 14.7 Å². The van der Waals surface area contributed by atoms with E-state index in [0.29, 0.717) is 5.69 Å². The SMILES string of the molecule is O=c1c(Cl)c(N2CCN(Cc3csc4ccccc34)CC2)cnn1-c1ccccc1. The summed E-state index contributed by atoms with van der Waals surface area (Å²) in [5.41, 5.74) is 2.53. The van der Waals surface area contributed by atoms with Crippen LogP contribution in [0.1, 0.15) is 5.56 Å². The molecule has 5 nitrogen and oxygen atoms in total. The van der Waals surface area contributed by atoms with E-state index in [0.717, 1.165) is 38.4 Å². The molecular weight excluding hydrogens is 416 g/mol. The molecule has 2 aromatic heterocycles. The van der Waals surface area contributed by atoms with Crippen LogP contribution in [0, 0.1) is 0 Å². The molecule has 30 heavy (non-hydrogen) atoms. The van der Waals surface area contributed by atoms with Crippen LogP contribution in [0.15, 0.2) is 71.0 Å². The first-order valence-electron chi connectivity index (χ1n) is 9.96. The van der Waals surface area contributed by atoms with Crippen LogP contribution in [-0.4, -0.2) is 40.9 Å². The van der Waals surface area contributed by atoms with Crippen LogP contribution in [0.25, 0.3) is 15.8 Å². The van der Waals surface area contributed by atoms with E-state index in [-0.39, 0.29) is 10.6 Å². The number of anilines is 1. The second-order valence-electron chi connectivity index (χ2n) is 7.42. The summed E-state index contributed by atoms with van der Waals surface area (Å²) in [6, 6.07) is 17.9. The van der Waals surface area contributed by atoms with Gasteiger partial charge in [-0.3, -0.25) is 9.69 Å². The maximum absolute atomic E-state index is 12.8. The van der Waals surface area contributed by atoms with Crippen molar-refractivity contribution in [2.75, 3.05) is 31.1 Å². The summed E-state index contributed by atoms with van der Waals surface area (Å²) in [6.07, 6.45) is 1.71. The highest BCUT2D eigenvalue weighted by atomic mass is 35.5. The second-order valence-corrected chi connectivity index (χ2v) is 8.71. The third-order valence-electron chi connectivity index (χ3n) is 5.57. The predicted molar refractivity (Wildman–Crippen MR) is 124 cm³/mol. The Labute approximate surface area is 183 Å². The monoisotopic (exact) mass is 436 g/mol. The second kappa shape index (κ2) is 8.22. The van der Waals surface area contributed by atoms with E-state index in [1.165, 1.54) is 20.3 Å². The van der Waals surface area contributed by atoms with Crippen LogP contribution in [0.5, 0.6) is 0 Å². The Kier molecular flexibility index (Phi) is 5.29. The molecule has 7 heteroatoms. The highest BCUT2D eigenvalue weighted by molar-refractivity contribution is 7.17. The van der Waals surface area contributed by atoms with E-state index in [1.807, 2.05) is 30.3 Å². The van der Waals surface area contributed by atoms with Crippen molar-refractivity contribution < 1.29 is 0 Å². The highest BCUT2D eigenvalue weighted by Crippen LogP contribution is 2.28. The summed E-state index contributed by atoms with van der Waals surface area (Å²) in [5.74, 6) is 0. The lowest BCUT2D eigenvalue weighted by atomic mass is 10.1. The van der Waals surface area contributed by atoms with Gasteiger partial charge in [0.2, 0.25) is 0 Å². The minimum atomic E-state index is -0.285. The normalized spacial score (nSPS) is 15.0. The van der Waals surface area contributed by atoms with Crippen LogP contribution >= 0.6 is 22.9 Å². The molecule has 0 amide bonds. The number of hydrogen-bond donors (Lipinski definition) is 0. The lowest BCUT2D eigenvalue weighted by Crippen LogP contribution is -2.46. The molecule has 0 aliphatic carbocycles. The third kappa shape index (κ3) is 3.62. The van der Waals surface area contributed by atoms with Crippen LogP contribution in [0.2, 0.25) is 5.02 Å². The molecule has 0 saturated carbocycles. The van der Waals surface area contributed by atoms with Crippen molar-refractivity contribution in [3.8, 4) is 5.69 Å². The van der Waals surface area contributed by atoms with Crippen LogP contribution < -0.4 is 10.5 Å². The van der Waals surface area contributed by atoms with Gasteiger partial charge < -0.3 is 4.90 Å². The van der Waals surface area contributed by atoms with Gasteiger partial charge in [0.05, 0.1) is 17.6 Å². The summed E-state index contributed by atoms with van der Waals surface area (Å²) < 4.78 is 2.69. The first-order valence-corrected chi connectivity index (χ1v) is 11.2. The first-order chi connectivity index (χ1) is 14.7. The first kappa shape index (κ1) is 19.3. The van der Waals surface area contributed by atoms with Crippen molar-refractivity contribution in [3.63, 3.8) is 0 Å². The zero-order valence-corrected chi connectivity index (χ0v) is 17.9. The number of thiophene rings is 1. The topological polar surface area (TPSA) is 41.4 Å². The molecule has 0 N–H and O–H groups in total. The van der Waals surface area contributed by atoms with Crippen LogP contribution in [0.4, 0.5) is 5.69 Å². The van der Waals surface area contributed by atoms with Gasteiger partial charge in [-0.15, -0.1) is 11.3 Å². The van der Waals surface area contributed by atoms with Gasteiger partial charge in [-0.2, -0.15) is 9.78 Å².